The molecule has 134 valence electrons. The van der Waals surface area contributed by atoms with Crippen molar-refractivity contribution in [3.05, 3.63) is 0 Å². The normalized spacial score (nSPS) is 21.9. The van der Waals surface area contributed by atoms with Gasteiger partial charge < -0.3 is 24.4 Å². The summed E-state index contributed by atoms with van der Waals surface area (Å²) >= 11 is 0. The Hall–Kier alpha value is -1.34. The van der Waals surface area contributed by atoms with Gasteiger partial charge in [-0.3, -0.25) is 4.79 Å². The molecule has 0 aromatic rings. The van der Waals surface area contributed by atoms with Crippen LogP contribution in [0.15, 0.2) is 0 Å². The molecule has 0 unspecified atom stereocenters. The van der Waals surface area contributed by atoms with E-state index >= 15 is 0 Å². The summed E-state index contributed by atoms with van der Waals surface area (Å²) in [6.07, 6.45) is 0.286. The fraction of sp³-hybridized carbons (Fsp3) is 0.875. The summed E-state index contributed by atoms with van der Waals surface area (Å²) in [4.78, 5) is 26.0. The average Bonchev–Trinajstić information content (AvgIpc) is 2.46. The fourth-order valence-electron chi connectivity index (χ4n) is 2.52. The first kappa shape index (κ1) is 19.7. The Morgan fingerprint density at radius 1 is 1.30 bits per heavy atom. The topological polar surface area (TPSA) is 77.1 Å². The van der Waals surface area contributed by atoms with Crippen LogP contribution in [0.1, 0.15) is 34.1 Å². The van der Waals surface area contributed by atoms with E-state index in [-0.39, 0.29) is 18.1 Å². The van der Waals surface area contributed by atoms with Crippen LogP contribution >= 0.6 is 0 Å². The standard InChI is InChI=1S/C16H30N2O5/c1-6-22-14(19)12-11-18(15(20)23-16(2,3)4)9-7-13(12)17-8-10-21-5/h12-13,17H,6-11H2,1-5H3/t12-,13-/m0/s1. The van der Waals surface area contributed by atoms with Crippen molar-refractivity contribution in [1.29, 1.82) is 0 Å². The quantitative estimate of drug-likeness (QED) is 0.586. The third-order valence-corrected chi connectivity index (χ3v) is 3.57. The van der Waals surface area contributed by atoms with E-state index in [1.54, 1.807) is 18.9 Å². The smallest absolute Gasteiger partial charge is 0.410 e. The van der Waals surface area contributed by atoms with Gasteiger partial charge in [-0.05, 0) is 34.1 Å². The predicted molar refractivity (Wildman–Crippen MR) is 86.2 cm³/mol. The molecule has 0 spiro atoms. The lowest BCUT2D eigenvalue weighted by Gasteiger charge is -2.38. The minimum Gasteiger partial charge on any atom is -0.466 e. The Bertz CT molecular complexity index is 394. The average molecular weight is 330 g/mol. The molecule has 1 saturated heterocycles. The minimum absolute atomic E-state index is 0.0251. The van der Waals surface area contributed by atoms with Crippen molar-refractivity contribution in [2.24, 2.45) is 5.92 Å². The number of hydrogen-bond donors (Lipinski definition) is 1. The lowest BCUT2D eigenvalue weighted by molar-refractivity contribution is -0.150. The highest BCUT2D eigenvalue weighted by atomic mass is 16.6. The number of esters is 1. The summed E-state index contributed by atoms with van der Waals surface area (Å²) in [5.41, 5.74) is -0.552. The molecule has 0 radical (unpaired) electrons. The predicted octanol–water partition coefficient (Wildman–Crippen LogP) is 1.41. The number of carbonyl (C=O) groups excluding carboxylic acids is 2. The highest BCUT2D eigenvalue weighted by molar-refractivity contribution is 5.75. The van der Waals surface area contributed by atoms with Gasteiger partial charge in [-0.1, -0.05) is 0 Å². The number of nitrogens with one attached hydrogen (secondary N) is 1. The summed E-state index contributed by atoms with van der Waals surface area (Å²) in [7, 11) is 1.63. The second-order valence-corrected chi connectivity index (χ2v) is 6.63. The van der Waals surface area contributed by atoms with Crippen LogP contribution < -0.4 is 5.32 Å². The van der Waals surface area contributed by atoms with E-state index in [0.717, 1.165) is 0 Å². The molecule has 1 fully saturated rings. The van der Waals surface area contributed by atoms with Crippen molar-refractivity contribution in [3.8, 4) is 0 Å². The molecule has 1 N–H and O–H groups in total. The molecule has 1 rings (SSSR count). The van der Waals surface area contributed by atoms with Crippen LogP contribution in [0.5, 0.6) is 0 Å². The molecule has 0 saturated carbocycles. The SMILES string of the molecule is CCOC(=O)[C@H]1CN(C(=O)OC(C)(C)C)CC[C@@H]1NCCOC. The van der Waals surface area contributed by atoms with Crippen LogP contribution in [-0.2, 0) is 19.0 Å². The van der Waals surface area contributed by atoms with Crippen molar-refractivity contribution >= 4 is 12.1 Å². The molecule has 7 nitrogen and oxygen atoms in total. The first-order valence-corrected chi connectivity index (χ1v) is 8.15. The van der Waals surface area contributed by atoms with Crippen LogP contribution in [-0.4, -0.2) is 68.6 Å². The first-order valence-electron chi connectivity index (χ1n) is 8.15. The van der Waals surface area contributed by atoms with Crippen LogP contribution in [0.4, 0.5) is 4.79 Å². The van der Waals surface area contributed by atoms with E-state index in [4.69, 9.17) is 14.2 Å². The number of nitrogens with zero attached hydrogens (tertiary/aromatic N) is 1. The molecule has 1 amide bonds. The van der Waals surface area contributed by atoms with Gasteiger partial charge in [0.2, 0.25) is 0 Å². The highest BCUT2D eigenvalue weighted by Gasteiger charge is 2.38. The molecular weight excluding hydrogens is 300 g/mol. The van der Waals surface area contributed by atoms with Gasteiger partial charge in [0.15, 0.2) is 0 Å². The van der Waals surface area contributed by atoms with Crippen molar-refractivity contribution in [2.75, 3.05) is 40.0 Å². The Balaban J connectivity index is 2.70. The van der Waals surface area contributed by atoms with E-state index in [1.165, 1.54) is 0 Å². The number of ether oxygens (including phenoxy) is 3. The maximum atomic E-state index is 12.2. The molecule has 2 atom stereocenters. The van der Waals surface area contributed by atoms with Gasteiger partial charge in [-0.15, -0.1) is 0 Å². The molecule has 0 bridgehead atoms. The first-order chi connectivity index (χ1) is 10.8. The molecule has 1 aliphatic heterocycles. The molecule has 1 aliphatic rings. The summed E-state index contributed by atoms with van der Waals surface area (Å²) < 4.78 is 15.6. The molecule has 0 aromatic heterocycles. The van der Waals surface area contributed by atoms with Crippen molar-refractivity contribution in [3.63, 3.8) is 0 Å². The zero-order chi connectivity index (χ0) is 17.5. The van der Waals surface area contributed by atoms with Crippen LogP contribution in [0.25, 0.3) is 0 Å². The number of hydrogen-bond acceptors (Lipinski definition) is 6. The monoisotopic (exact) mass is 330 g/mol. The van der Waals surface area contributed by atoms with Gasteiger partial charge in [0.05, 0.1) is 19.1 Å². The van der Waals surface area contributed by atoms with E-state index in [0.29, 0.717) is 39.3 Å². The number of piperidine rings is 1. The fourth-order valence-corrected chi connectivity index (χ4v) is 2.52. The lowest BCUT2D eigenvalue weighted by atomic mass is 9.92. The van der Waals surface area contributed by atoms with Crippen molar-refractivity contribution in [2.45, 2.75) is 45.8 Å². The maximum Gasteiger partial charge on any atom is 0.410 e. The van der Waals surface area contributed by atoms with Crippen molar-refractivity contribution < 1.29 is 23.8 Å². The molecule has 7 heteroatoms. The van der Waals surface area contributed by atoms with Gasteiger partial charge >= 0.3 is 12.1 Å². The molecular formula is C16H30N2O5. The molecule has 1 heterocycles. The second-order valence-electron chi connectivity index (χ2n) is 6.63. The number of carbonyl (C=O) groups is 2. The number of likely N-dealkylation sites (tertiary alicyclic amines) is 1. The maximum absolute atomic E-state index is 12.2. The zero-order valence-corrected chi connectivity index (χ0v) is 14.9. The third-order valence-electron chi connectivity index (χ3n) is 3.57. The second kappa shape index (κ2) is 9.08. The molecule has 0 aliphatic carbocycles. The van der Waals surface area contributed by atoms with E-state index in [1.807, 2.05) is 20.8 Å². The summed E-state index contributed by atoms with van der Waals surface area (Å²) in [5.74, 6) is -0.677. The Morgan fingerprint density at radius 3 is 2.57 bits per heavy atom. The number of methoxy groups -OCH3 is 1. The lowest BCUT2D eigenvalue weighted by Crippen LogP contribution is -2.55. The van der Waals surface area contributed by atoms with E-state index < -0.39 is 11.5 Å². The Kier molecular flexibility index (Phi) is 7.78. The van der Waals surface area contributed by atoms with Crippen molar-refractivity contribution in [1.82, 2.24) is 10.2 Å². The van der Waals surface area contributed by atoms with E-state index in [2.05, 4.69) is 5.32 Å². The van der Waals surface area contributed by atoms with Gasteiger partial charge in [-0.25, -0.2) is 4.79 Å². The molecule has 0 aromatic carbocycles. The van der Waals surface area contributed by atoms with Crippen LogP contribution in [0, 0.1) is 5.92 Å². The van der Waals surface area contributed by atoms with Crippen LogP contribution in [0.3, 0.4) is 0 Å². The zero-order valence-electron chi connectivity index (χ0n) is 14.9. The molecule has 23 heavy (non-hydrogen) atoms. The Morgan fingerprint density at radius 2 is 2.00 bits per heavy atom. The number of rotatable bonds is 6. The largest absolute Gasteiger partial charge is 0.466 e. The summed E-state index contributed by atoms with van der Waals surface area (Å²) in [5, 5.41) is 3.32. The van der Waals surface area contributed by atoms with E-state index in [9.17, 15) is 9.59 Å². The summed E-state index contributed by atoms with van der Waals surface area (Å²) in [6, 6.07) is -0.0251. The van der Waals surface area contributed by atoms with Gasteiger partial charge in [0, 0.05) is 32.8 Å². The number of amides is 1. The Labute approximate surface area is 138 Å². The summed E-state index contributed by atoms with van der Waals surface area (Å²) in [6.45, 7) is 9.66. The van der Waals surface area contributed by atoms with Gasteiger partial charge in [0.25, 0.3) is 0 Å². The van der Waals surface area contributed by atoms with Crippen LogP contribution in [0.2, 0.25) is 0 Å². The highest BCUT2D eigenvalue weighted by Crippen LogP contribution is 2.21. The van der Waals surface area contributed by atoms with Gasteiger partial charge in [-0.2, -0.15) is 0 Å². The minimum atomic E-state index is -0.552. The third kappa shape index (κ3) is 6.74. The van der Waals surface area contributed by atoms with Gasteiger partial charge in [0.1, 0.15) is 5.60 Å².